The Bertz CT molecular complexity index is 819. The van der Waals surface area contributed by atoms with Gasteiger partial charge < -0.3 is 10.1 Å². The third-order valence-electron chi connectivity index (χ3n) is 3.88. The largest absolute Gasteiger partial charge is 0.463 e. The van der Waals surface area contributed by atoms with E-state index in [2.05, 4.69) is 5.32 Å². The Morgan fingerprint density at radius 1 is 1.22 bits per heavy atom. The monoisotopic (exact) mass is 377 g/mol. The lowest BCUT2D eigenvalue weighted by Gasteiger charge is -2.21. The highest BCUT2D eigenvalue weighted by Gasteiger charge is 2.44. The first-order valence-corrected chi connectivity index (χ1v) is 8.27. The Kier molecular flexibility index (Phi) is 5.88. The van der Waals surface area contributed by atoms with Crippen molar-refractivity contribution in [3.63, 3.8) is 0 Å². The molecule has 144 valence electrons. The van der Waals surface area contributed by atoms with E-state index in [0.717, 1.165) is 6.07 Å². The van der Waals surface area contributed by atoms with E-state index in [0.29, 0.717) is 4.90 Å². The number of rotatable bonds is 7. The molecule has 0 saturated carbocycles. The van der Waals surface area contributed by atoms with Gasteiger partial charge in [-0.15, -0.1) is 0 Å². The number of nitro groups is 1. The number of hydrogen-bond donors (Lipinski definition) is 1. The number of ether oxygens (including phenoxy) is 1. The van der Waals surface area contributed by atoms with Gasteiger partial charge >= 0.3 is 5.97 Å². The number of nitrogens with zero attached hydrogens (tertiary/aromatic N) is 2. The van der Waals surface area contributed by atoms with E-state index in [1.165, 1.54) is 19.1 Å². The van der Waals surface area contributed by atoms with E-state index >= 15 is 0 Å². The number of esters is 1. The van der Waals surface area contributed by atoms with E-state index in [9.17, 15) is 29.3 Å². The van der Waals surface area contributed by atoms with Crippen molar-refractivity contribution in [2.75, 3.05) is 6.54 Å². The number of amides is 3. The molecular weight excluding hydrogens is 358 g/mol. The molecule has 1 atom stereocenters. The average molecular weight is 377 g/mol. The summed E-state index contributed by atoms with van der Waals surface area (Å²) in [5, 5.41) is 13.6. The van der Waals surface area contributed by atoms with E-state index in [1.807, 2.05) is 0 Å². The molecule has 27 heavy (non-hydrogen) atoms. The number of fused-ring (bicyclic) bond motifs is 1. The molecule has 0 unspecified atom stereocenters. The quantitative estimate of drug-likeness (QED) is 0.324. The number of nitrogens with one attached hydrogen (secondary N) is 1. The smallest absolute Gasteiger partial charge is 0.307 e. The molecule has 3 amide bonds. The summed E-state index contributed by atoms with van der Waals surface area (Å²) < 4.78 is 4.93. The highest BCUT2D eigenvalue weighted by Crippen LogP contribution is 2.31. The van der Waals surface area contributed by atoms with Gasteiger partial charge in [-0.1, -0.05) is 6.07 Å². The zero-order valence-electron chi connectivity index (χ0n) is 15.1. The van der Waals surface area contributed by atoms with E-state index in [4.69, 9.17) is 4.74 Å². The van der Waals surface area contributed by atoms with Gasteiger partial charge in [-0.05, 0) is 26.8 Å². The Labute approximate surface area is 154 Å². The second kappa shape index (κ2) is 7.94. The van der Waals surface area contributed by atoms with Crippen LogP contribution in [0.25, 0.3) is 0 Å². The van der Waals surface area contributed by atoms with Gasteiger partial charge in [0, 0.05) is 12.6 Å². The van der Waals surface area contributed by atoms with Crippen LogP contribution in [0.15, 0.2) is 18.2 Å². The molecular formula is C17H19N3O7. The summed E-state index contributed by atoms with van der Waals surface area (Å²) in [6, 6.07) is 2.53. The van der Waals surface area contributed by atoms with Crippen molar-refractivity contribution in [1.29, 1.82) is 0 Å². The fourth-order valence-corrected chi connectivity index (χ4v) is 2.66. The third-order valence-corrected chi connectivity index (χ3v) is 3.88. The minimum absolute atomic E-state index is 0.0297. The summed E-state index contributed by atoms with van der Waals surface area (Å²) >= 11 is 0. The first-order chi connectivity index (χ1) is 12.6. The molecule has 0 fully saturated rings. The summed E-state index contributed by atoms with van der Waals surface area (Å²) in [6.45, 7) is 4.69. The molecule has 0 radical (unpaired) electrons. The number of carbonyl (C=O) groups excluding carboxylic acids is 4. The first kappa shape index (κ1) is 20.0. The molecule has 0 aliphatic carbocycles. The molecule has 1 aromatic carbocycles. The van der Waals surface area contributed by atoms with Crippen LogP contribution in [0.1, 0.15) is 47.9 Å². The molecule has 0 saturated heterocycles. The minimum atomic E-state index is -1.20. The normalized spacial score (nSPS) is 14.1. The zero-order valence-corrected chi connectivity index (χ0v) is 15.1. The number of imide groups is 1. The lowest BCUT2D eigenvalue weighted by molar-refractivity contribution is -0.385. The SMILES string of the molecule is CC(C)OC(=O)CCNC(=O)[C@H](C)N1C(=O)c2cccc([N+](=O)[O-])c2C1=O. The molecule has 1 aliphatic heterocycles. The van der Waals surface area contributed by atoms with Crippen molar-refractivity contribution in [2.45, 2.75) is 39.3 Å². The predicted octanol–water partition coefficient (Wildman–Crippen LogP) is 1.04. The topological polar surface area (TPSA) is 136 Å². The zero-order chi connectivity index (χ0) is 20.3. The summed E-state index contributed by atoms with van der Waals surface area (Å²) in [5.41, 5.74) is -0.931. The molecule has 0 aromatic heterocycles. The predicted molar refractivity (Wildman–Crippen MR) is 91.9 cm³/mol. The summed E-state index contributed by atoms with van der Waals surface area (Å²) in [6.07, 6.45) is -0.342. The van der Waals surface area contributed by atoms with Gasteiger partial charge in [0.1, 0.15) is 11.6 Å². The van der Waals surface area contributed by atoms with Crippen LogP contribution < -0.4 is 5.32 Å². The summed E-state index contributed by atoms with van der Waals surface area (Å²) in [7, 11) is 0. The fourth-order valence-electron chi connectivity index (χ4n) is 2.66. The average Bonchev–Trinajstić information content (AvgIpc) is 2.84. The van der Waals surface area contributed by atoms with Gasteiger partial charge in [-0.25, -0.2) is 0 Å². The van der Waals surface area contributed by atoms with Gasteiger partial charge in [0.05, 0.1) is 23.0 Å². The van der Waals surface area contributed by atoms with E-state index < -0.39 is 40.3 Å². The lowest BCUT2D eigenvalue weighted by atomic mass is 10.1. The second-order valence-corrected chi connectivity index (χ2v) is 6.19. The highest BCUT2D eigenvalue weighted by atomic mass is 16.6. The first-order valence-electron chi connectivity index (χ1n) is 8.27. The van der Waals surface area contributed by atoms with Crippen LogP contribution in [0.3, 0.4) is 0 Å². The van der Waals surface area contributed by atoms with Gasteiger partial charge in [0.15, 0.2) is 0 Å². The van der Waals surface area contributed by atoms with E-state index in [1.54, 1.807) is 13.8 Å². The van der Waals surface area contributed by atoms with Crippen LogP contribution in [0.2, 0.25) is 0 Å². The minimum Gasteiger partial charge on any atom is -0.463 e. The molecule has 0 bridgehead atoms. The molecule has 1 aliphatic rings. The Hall–Kier alpha value is -3.30. The lowest BCUT2D eigenvalue weighted by Crippen LogP contribution is -2.48. The van der Waals surface area contributed by atoms with Gasteiger partial charge in [-0.2, -0.15) is 0 Å². The van der Waals surface area contributed by atoms with Crippen molar-refractivity contribution < 1.29 is 28.8 Å². The molecule has 1 N–H and O–H groups in total. The maximum Gasteiger partial charge on any atom is 0.307 e. The molecule has 10 nitrogen and oxygen atoms in total. The third kappa shape index (κ3) is 4.10. The van der Waals surface area contributed by atoms with Crippen LogP contribution in [-0.2, 0) is 14.3 Å². The van der Waals surface area contributed by atoms with E-state index in [-0.39, 0.29) is 30.2 Å². The van der Waals surface area contributed by atoms with Crippen LogP contribution in [0.4, 0.5) is 5.69 Å². The van der Waals surface area contributed by atoms with Crippen molar-refractivity contribution >= 4 is 29.4 Å². The number of nitro benzene ring substituents is 1. The van der Waals surface area contributed by atoms with Crippen molar-refractivity contribution in [3.05, 3.63) is 39.4 Å². The van der Waals surface area contributed by atoms with Gasteiger partial charge in [0.25, 0.3) is 17.5 Å². The van der Waals surface area contributed by atoms with Gasteiger partial charge in [-0.3, -0.25) is 34.2 Å². The fraction of sp³-hybridized carbons (Fsp3) is 0.412. The number of benzene rings is 1. The van der Waals surface area contributed by atoms with Crippen molar-refractivity contribution in [1.82, 2.24) is 10.2 Å². The van der Waals surface area contributed by atoms with Crippen LogP contribution in [0, 0.1) is 10.1 Å². The van der Waals surface area contributed by atoms with Crippen LogP contribution in [-0.4, -0.2) is 52.2 Å². The Morgan fingerprint density at radius 2 is 1.89 bits per heavy atom. The summed E-state index contributed by atoms with van der Waals surface area (Å²) in [4.78, 5) is 59.7. The van der Waals surface area contributed by atoms with Crippen molar-refractivity contribution in [3.8, 4) is 0 Å². The van der Waals surface area contributed by atoms with Crippen LogP contribution >= 0.6 is 0 Å². The molecule has 0 spiro atoms. The Morgan fingerprint density at radius 3 is 2.48 bits per heavy atom. The maximum atomic E-state index is 12.5. The Balaban J connectivity index is 2.08. The highest BCUT2D eigenvalue weighted by molar-refractivity contribution is 6.24. The standard InChI is InChI=1S/C17H19N3O7/c1-9(2)27-13(21)7-8-18-15(22)10(3)19-16(23)11-5-4-6-12(20(25)26)14(11)17(19)24/h4-6,9-10H,7-8H2,1-3H3,(H,18,22)/t10-/m0/s1. The molecule has 10 heteroatoms. The van der Waals surface area contributed by atoms with Crippen LogP contribution in [0.5, 0.6) is 0 Å². The van der Waals surface area contributed by atoms with Gasteiger partial charge in [0.2, 0.25) is 5.91 Å². The number of hydrogen-bond acceptors (Lipinski definition) is 7. The second-order valence-electron chi connectivity index (χ2n) is 6.19. The summed E-state index contributed by atoms with van der Waals surface area (Å²) in [5.74, 6) is -2.83. The van der Waals surface area contributed by atoms with Crippen molar-refractivity contribution in [2.24, 2.45) is 0 Å². The number of carbonyl (C=O) groups is 4. The molecule has 1 aromatic rings. The maximum absolute atomic E-state index is 12.5. The molecule has 2 rings (SSSR count). The molecule has 1 heterocycles.